The molecule has 5 amide bonds. The normalized spacial score (nSPS) is 23.7. The fraction of sp³-hybridized carbons (Fsp3) is 0.725. The third kappa shape index (κ3) is 10.5. The number of benzene rings is 1. The molecule has 3 aliphatic rings. The van der Waals surface area contributed by atoms with E-state index >= 15 is 0 Å². The molecule has 2 bridgehead atoms. The van der Waals surface area contributed by atoms with Crippen LogP contribution < -0.4 is 16.0 Å². The lowest BCUT2D eigenvalue weighted by Crippen LogP contribution is -2.56. The second-order valence-corrected chi connectivity index (χ2v) is 15.5. The SMILES string of the molecule is CCC(C)C(C(CC(=O)N1CCCC1C(OC)C(C)C(=O)N[C@@H](C)CO)OC)N(C)C(=O)CNC(=O)C1C2CCC(C2)N1C(=O)OCc1ccc(NC)cc1. The number of nitrogens with one attached hydrogen (secondary N) is 3. The van der Waals surface area contributed by atoms with Gasteiger partial charge in [0, 0.05) is 52.6 Å². The van der Waals surface area contributed by atoms with Crippen molar-refractivity contribution in [1.82, 2.24) is 25.3 Å². The van der Waals surface area contributed by atoms with Crippen molar-refractivity contribution >= 4 is 35.4 Å². The summed E-state index contributed by atoms with van der Waals surface area (Å²) in [5.41, 5.74) is 1.78. The molecular weight excluding hydrogens is 708 g/mol. The van der Waals surface area contributed by atoms with Crippen molar-refractivity contribution in [2.24, 2.45) is 17.8 Å². The molecule has 10 atom stereocenters. The van der Waals surface area contributed by atoms with Crippen LogP contribution in [0.1, 0.15) is 78.2 Å². The summed E-state index contributed by atoms with van der Waals surface area (Å²) in [5.74, 6) is -1.77. The van der Waals surface area contributed by atoms with Gasteiger partial charge in [-0.25, -0.2) is 4.79 Å². The van der Waals surface area contributed by atoms with Crippen LogP contribution in [0.2, 0.25) is 0 Å². The monoisotopic (exact) mass is 772 g/mol. The third-order valence-corrected chi connectivity index (χ3v) is 12.1. The fourth-order valence-electron chi connectivity index (χ4n) is 8.71. The molecule has 2 aliphatic heterocycles. The topological polar surface area (TPSA) is 179 Å². The van der Waals surface area contributed by atoms with Crippen molar-refractivity contribution < 1.29 is 43.3 Å². The number of carbonyl (C=O) groups excluding carboxylic acids is 5. The maximum atomic E-state index is 14.0. The summed E-state index contributed by atoms with van der Waals surface area (Å²) in [6.45, 7) is 7.62. The molecule has 55 heavy (non-hydrogen) atoms. The van der Waals surface area contributed by atoms with E-state index in [2.05, 4.69) is 16.0 Å². The van der Waals surface area contributed by atoms with Gasteiger partial charge in [0.1, 0.15) is 12.6 Å². The highest BCUT2D eigenvalue weighted by molar-refractivity contribution is 5.90. The first-order valence-electron chi connectivity index (χ1n) is 19.8. The van der Waals surface area contributed by atoms with Crippen LogP contribution in [0.5, 0.6) is 0 Å². The van der Waals surface area contributed by atoms with Crippen molar-refractivity contribution in [1.29, 1.82) is 0 Å². The largest absolute Gasteiger partial charge is 0.445 e. The molecule has 0 radical (unpaired) electrons. The number of anilines is 1. The average molecular weight is 773 g/mol. The minimum absolute atomic E-state index is 0.00634. The van der Waals surface area contributed by atoms with E-state index in [1.807, 2.05) is 45.2 Å². The van der Waals surface area contributed by atoms with Crippen molar-refractivity contribution in [3.05, 3.63) is 29.8 Å². The minimum atomic E-state index is -0.720. The molecule has 1 aromatic carbocycles. The number of methoxy groups -OCH3 is 2. The number of hydrogen-bond acceptors (Lipinski definition) is 10. The molecule has 4 rings (SSSR count). The molecular formula is C40H64N6O9. The maximum Gasteiger partial charge on any atom is 0.411 e. The first-order chi connectivity index (χ1) is 26.3. The van der Waals surface area contributed by atoms with Gasteiger partial charge in [0.05, 0.1) is 49.8 Å². The van der Waals surface area contributed by atoms with Gasteiger partial charge in [-0.05, 0) is 68.6 Å². The van der Waals surface area contributed by atoms with Gasteiger partial charge >= 0.3 is 6.09 Å². The molecule has 3 fully saturated rings. The standard InChI is InChI=1S/C40H64N6O9/c1-9-24(2)35(32(53-7)20-33(48)45-18-10-11-31(45)37(54-8)26(4)38(50)43-25(3)22-47)44(6)34(49)21-42-39(51)36-28-14-17-30(19-28)46(36)40(52)55-23-27-12-15-29(41-5)16-13-27/h12-13,15-16,24-26,28,30-32,35-37,41,47H,9-11,14,17-23H2,1-8H3,(H,42,51)(H,43,50)/t24?,25-,26?,28?,30?,31?,32?,35?,36?,37?/m0/s1. The molecule has 308 valence electrons. The lowest BCUT2D eigenvalue weighted by atomic mass is 9.90. The lowest BCUT2D eigenvalue weighted by Gasteiger charge is -2.39. The number of likely N-dealkylation sites (N-methyl/N-ethyl adjacent to an activating group) is 1. The molecule has 1 aliphatic carbocycles. The number of aliphatic hydroxyl groups is 1. The Balaban J connectivity index is 1.38. The van der Waals surface area contributed by atoms with E-state index in [-0.39, 0.29) is 73.7 Å². The minimum Gasteiger partial charge on any atom is -0.445 e. The zero-order valence-corrected chi connectivity index (χ0v) is 33.9. The van der Waals surface area contributed by atoms with Crippen LogP contribution in [0.15, 0.2) is 24.3 Å². The number of piperidine rings is 1. The van der Waals surface area contributed by atoms with Gasteiger partial charge in [-0.2, -0.15) is 0 Å². The molecule has 2 saturated heterocycles. The second-order valence-electron chi connectivity index (χ2n) is 15.5. The summed E-state index contributed by atoms with van der Waals surface area (Å²) < 4.78 is 17.4. The Morgan fingerprint density at radius 3 is 2.35 bits per heavy atom. The highest BCUT2D eigenvalue weighted by Crippen LogP contribution is 2.43. The summed E-state index contributed by atoms with van der Waals surface area (Å²) in [6.07, 6.45) is 2.75. The molecule has 1 aromatic rings. The molecule has 2 heterocycles. The predicted octanol–water partition coefficient (Wildman–Crippen LogP) is 2.75. The first kappa shape index (κ1) is 43.8. The maximum absolute atomic E-state index is 14.0. The Bertz CT molecular complexity index is 1460. The van der Waals surface area contributed by atoms with Gasteiger partial charge in [0.2, 0.25) is 23.6 Å². The van der Waals surface area contributed by atoms with E-state index in [1.165, 1.54) is 14.2 Å². The Hall–Kier alpha value is -3.95. The van der Waals surface area contributed by atoms with Crippen LogP contribution in [0.4, 0.5) is 10.5 Å². The quantitative estimate of drug-likeness (QED) is 0.164. The molecule has 0 aromatic heterocycles. The van der Waals surface area contributed by atoms with E-state index in [0.29, 0.717) is 19.4 Å². The highest BCUT2D eigenvalue weighted by atomic mass is 16.6. The predicted molar refractivity (Wildman–Crippen MR) is 207 cm³/mol. The van der Waals surface area contributed by atoms with Crippen LogP contribution in [0, 0.1) is 17.8 Å². The van der Waals surface area contributed by atoms with E-state index in [9.17, 15) is 29.1 Å². The van der Waals surface area contributed by atoms with Crippen LogP contribution in [-0.4, -0.2) is 140 Å². The van der Waals surface area contributed by atoms with Crippen LogP contribution in [0.3, 0.4) is 0 Å². The van der Waals surface area contributed by atoms with Gasteiger partial charge in [-0.15, -0.1) is 0 Å². The smallest absolute Gasteiger partial charge is 0.411 e. The summed E-state index contributed by atoms with van der Waals surface area (Å²) in [7, 11) is 6.56. The Morgan fingerprint density at radius 2 is 1.73 bits per heavy atom. The third-order valence-electron chi connectivity index (χ3n) is 12.1. The van der Waals surface area contributed by atoms with Gasteiger partial charge in [0.25, 0.3) is 0 Å². The number of aliphatic hydroxyl groups excluding tert-OH is 1. The molecule has 1 saturated carbocycles. The van der Waals surface area contributed by atoms with Crippen molar-refractivity contribution in [3.63, 3.8) is 0 Å². The average Bonchev–Trinajstić information content (AvgIpc) is 3.96. The zero-order valence-electron chi connectivity index (χ0n) is 33.9. The fourth-order valence-corrected chi connectivity index (χ4v) is 8.71. The van der Waals surface area contributed by atoms with Gasteiger partial charge in [-0.1, -0.05) is 39.3 Å². The van der Waals surface area contributed by atoms with Gasteiger partial charge in [0.15, 0.2) is 0 Å². The van der Waals surface area contributed by atoms with E-state index < -0.39 is 42.3 Å². The zero-order chi connectivity index (χ0) is 40.4. The number of nitrogens with zero attached hydrogens (tertiary/aromatic N) is 3. The molecule has 4 N–H and O–H groups in total. The molecule has 15 nitrogen and oxygen atoms in total. The van der Waals surface area contributed by atoms with Crippen LogP contribution in [-0.2, 0) is 40.0 Å². The summed E-state index contributed by atoms with van der Waals surface area (Å²) in [4.78, 5) is 72.6. The number of hydrogen-bond donors (Lipinski definition) is 4. The summed E-state index contributed by atoms with van der Waals surface area (Å²) in [5, 5.41) is 18.1. The van der Waals surface area contributed by atoms with Crippen molar-refractivity contribution in [2.45, 2.75) is 122 Å². The summed E-state index contributed by atoms with van der Waals surface area (Å²) in [6, 6.07) is 5.53. The Kier molecular flexibility index (Phi) is 16.1. The second kappa shape index (κ2) is 20.3. The lowest BCUT2D eigenvalue weighted by molar-refractivity contribution is -0.146. The molecule has 9 unspecified atom stereocenters. The Labute approximate surface area is 326 Å². The van der Waals surface area contributed by atoms with Crippen LogP contribution >= 0.6 is 0 Å². The van der Waals surface area contributed by atoms with Gasteiger partial charge in [-0.3, -0.25) is 24.1 Å². The number of rotatable bonds is 19. The molecule has 15 heteroatoms. The first-order valence-corrected chi connectivity index (χ1v) is 19.8. The van der Waals surface area contributed by atoms with Gasteiger partial charge < -0.3 is 45.1 Å². The van der Waals surface area contributed by atoms with E-state index in [0.717, 1.165) is 36.9 Å². The molecule has 0 spiro atoms. The number of ether oxygens (including phenoxy) is 3. The highest BCUT2D eigenvalue weighted by Gasteiger charge is 2.52. The van der Waals surface area contributed by atoms with E-state index in [4.69, 9.17) is 14.2 Å². The number of fused-ring (bicyclic) bond motifs is 2. The Morgan fingerprint density at radius 1 is 1.02 bits per heavy atom. The van der Waals surface area contributed by atoms with Crippen molar-refractivity contribution in [2.75, 3.05) is 53.3 Å². The number of amides is 5. The number of likely N-dealkylation sites (tertiary alicyclic amines) is 2. The van der Waals surface area contributed by atoms with Crippen LogP contribution in [0.25, 0.3) is 0 Å². The summed E-state index contributed by atoms with van der Waals surface area (Å²) >= 11 is 0. The number of carbonyl (C=O) groups is 5. The van der Waals surface area contributed by atoms with E-state index in [1.54, 1.807) is 35.6 Å². The van der Waals surface area contributed by atoms with Crippen molar-refractivity contribution in [3.8, 4) is 0 Å².